The maximum Gasteiger partial charge on any atom is 0.231 e. The van der Waals surface area contributed by atoms with Gasteiger partial charge in [0.1, 0.15) is 11.9 Å². The van der Waals surface area contributed by atoms with Crippen molar-refractivity contribution in [1.29, 1.82) is 0 Å². The molecule has 2 heterocycles. The number of rotatable bonds is 3. The highest BCUT2D eigenvalue weighted by molar-refractivity contribution is 9.10. The molecule has 0 unspecified atom stereocenters. The summed E-state index contributed by atoms with van der Waals surface area (Å²) in [6.07, 6.45) is 0.341. The van der Waals surface area contributed by atoms with Crippen molar-refractivity contribution in [2.45, 2.75) is 18.6 Å². The van der Waals surface area contributed by atoms with E-state index >= 15 is 0 Å². The number of hydrogen-bond acceptors (Lipinski definition) is 5. The molecule has 30 heavy (non-hydrogen) atoms. The van der Waals surface area contributed by atoms with Gasteiger partial charge in [0, 0.05) is 33.2 Å². The summed E-state index contributed by atoms with van der Waals surface area (Å²) < 4.78 is 11.9. The predicted octanol–water partition coefficient (Wildman–Crippen LogP) is 5.76. The fourth-order valence-electron chi connectivity index (χ4n) is 3.78. The van der Waals surface area contributed by atoms with E-state index in [-0.39, 0.29) is 24.8 Å². The average molecular weight is 486 g/mol. The standard InChI is InChI=1S/C23H18BrClN2O3/c24-15-4-7-20(28)17(10-15)19-11-18(14-3-8-21-22(9-14)30-12-29-21)26-23(27-19)13-1-5-16(25)6-2-13/h1-10,19,23,27-28H,11-12H2/t19-,23-/m0/s1. The maximum absolute atomic E-state index is 10.5. The fourth-order valence-corrected chi connectivity index (χ4v) is 4.28. The highest BCUT2D eigenvalue weighted by Gasteiger charge is 2.28. The number of phenols is 1. The van der Waals surface area contributed by atoms with E-state index in [1.165, 1.54) is 0 Å². The summed E-state index contributed by atoms with van der Waals surface area (Å²) in [5.41, 5.74) is 3.71. The Kier molecular flexibility index (Phi) is 5.15. The molecule has 7 heteroatoms. The first-order valence-electron chi connectivity index (χ1n) is 9.53. The molecular formula is C23H18BrClN2O3. The lowest BCUT2D eigenvalue weighted by Crippen LogP contribution is -2.33. The van der Waals surface area contributed by atoms with E-state index in [1.807, 2.05) is 54.6 Å². The summed E-state index contributed by atoms with van der Waals surface area (Å²) in [4.78, 5) is 4.98. The SMILES string of the molecule is Oc1ccc(Br)cc1[C@@H]1CC(c2ccc3c(c2)OCO3)=N[C@H](c2ccc(Cl)cc2)N1. The normalized spacial score (nSPS) is 20.1. The van der Waals surface area contributed by atoms with E-state index < -0.39 is 0 Å². The Morgan fingerprint density at radius 2 is 1.80 bits per heavy atom. The lowest BCUT2D eigenvalue weighted by Gasteiger charge is -2.31. The monoisotopic (exact) mass is 484 g/mol. The summed E-state index contributed by atoms with van der Waals surface area (Å²) in [7, 11) is 0. The van der Waals surface area contributed by atoms with Gasteiger partial charge < -0.3 is 14.6 Å². The number of aromatic hydroxyl groups is 1. The molecule has 0 spiro atoms. The van der Waals surface area contributed by atoms with Crippen LogP contribution in [-0.2, 0) is 0 Å². The molecule has 2 aliphatic heterocycles. The number of aliphatic imine (C=N–C) groups is 1. The van der Waals surface area contributed by atoms with Crippen LogP contribution in [0.25, 0.3) is 0 Å². The molecule has 152 valence electrons. The minimum Gasteiger partial charge on any atom is -0.508 e. The summed E-state index contributed by atoms with van der Waals surface area (Å²) >= 11 is 9.58. The Bertz CT molecular complexity index is 1130. The molecule has 5 nitrogen and oxygen atoms in total. The molecule has 0 aliphatic carbocycles. The van der Waals surface area contributed by atoms with E-state index in [0.717, 1.165) is 38.4 Å². The number of fused-ring (bicyclic) bond motifs is 1. The van der Waals surface area contributed by atoms with E-state index in [1.54, 1.807) is 6.07 Å². The number of benzene rings is 3. The van der Waals surface area contributed by atoms with Crippen LogP contribution in [0, 0.1) is 0 Å². The zero-order valence-corrected chi connectivity index (χ0v) is 18.2. The van der Waals surface area contributed by atoms with Crippen LogP contribution in [0.2, 0.25) is 5.02 Å². The van der Waals surface area contributed by atoms with Gasteiger partial charge in [0.15, 0.2) is 11.5 Å². The molecule has 0 aromatic heterocycles. The van der Waals surface area contributed by atoms with E-state index in [9.17, 15) is 5.11 Å². The van der Waals surface area contributed by atoms with Gasteiger partial charge in [-0.25, -0.2) is 0 Å². The van der Waals surface area contributed by atoms with Gasteiger partial charge in [-0.2, -0.15) is 0 Å². The van der Waals surface area contributed by atoms with Gasteiger partial charge in [-0.15, -0.1) is 0 Å². The van der Waals surface area contributed by atoms with Crippen LogP contribution in [0.4, 0.5) is 0 Å². The minimum absolute atomic E-state index is 0.124. The Morgan fingerprint density at radius 3 is 2.63 bits per heavy atom. The zero-order chi connectivity index (χ0) is 20.7. The first-order valence-corrected chi connectivity index (χ1v) is 10.7. The summed E-state index contributed by atoms with van der Waals surface area (Å²) in [6, 6.07) is 18.8. The van der Waals surface area contributed by atoms with Crippen molar-refractivity contribution in [2.24, 2.45) is 4.99 Å². The average Bonchev–Trinajstić information content (AvgIpc) is 3.23. The molecule has 0 radical (unpaired) electrons. The molecule has 0 amide bonds. The smallest absolute Gasteiger partial charge is 0.231 e. The van der Waals surface area contributed by atoms with Gasteiger partial charge in [-0.1, -0.05) is 39.7 Å². The van der Waals surface area contributed by atoms with Gasteiger partial charge >= 0.3 is 0 Å². The first-order chi connectivity index (χ1) is 14.6. The van der Waals surface area contributed by atoms with Crippen LogP contribution in [0.5, 0.6) is 17.2 Å². The second kappa shape index (κ2) is 7.95. The third-order valence-corrected chi connectivity index (χ3v) is 6.04. The molecule has 2 N–H and O–H groups in total. The van der Waals surface area contributed by atoms with Crippen molar-refractivity contribution >= 4 is 33.2 Å². The molecule has 2 aliphatic rings. The summed E-state index contributed by atoms with van der Waals surface area (Å²) in [5, 5.41) is 14.7. The second-order valence-corrected chi connectivity index (χ2v) is 8.58. The number of nitrogens with zero attached hydrogens (tertiary/aromatic N) is 1. The van der Waals surface area contributed by atoms with Crippen LogP contribution in [0.3, 0.4) is 0 Å². The van der Waals surface area contributed by atoms with Crippen molar-refractivity contribution in [3.8, 4) is 17.2 Å². The van der Waals surface area contributed by atoms with Crippen molar-refractivity contribution < 1.29 is 14.6 Å². The third kappa shape index (κ3) is 3.78. The number of phenolic OH excluding ortho intramolecular Hbond substituents is 1. The minimum atomic E-state index is -0.278. The lowest BCUT2D eigenvalue weighted by atomic mass is 9.93. The molecule has 0 saturated heterocycles. The third-order valence-electron chi connectivity index (χ3n) is 5.30. The number of halogens is 2. The Labute approximate surface area is 187 Å². The topological polar surface area (TPSA) is 63.1 Å². The number of hydrogen-bond donors (Lipinski definition) is 2. The maximum atomic E-state index is 10.5. The first kappa shape index (κ1) is 19.4. The molecule has 0 saturated carbocycles. The van der Waals surface area contributed by atoms with E-state index in [2.05, 4.69) is 21.2 Å². The molecular weight excluding hydrogens is 468 g/mol. The molecule has 0 fully saturated rings. The highest BCUT2D eigenvalue weighted by Crippen LogP contribution is 2.38. The zero-order valence-electron chi connectivity index (χ0n) is 15.8. The van der Waals surface area contributed by atoms with Crippen molar-refractivity contribution in [2.75, 3.05) is 6.79 Å². The van der Waals surface area contributed by atoms with Gasteiger partial charge in [0.2, 0.25) is 6.79 Å². The fraction of sp³-hybridized carbons (Fsp3) is 0.174. The summed E-state index contributed by atoms with van der Waals surface area (Å²) in [6.45, 7) is 0.231. The van der Waals surface area contributed by atoms with E-state index in [4.69, 9.17) is 26.1 Å². The Morgan fingerprint density at radius 1 is 1.00 bits per heavy atom. The van der Waals surface area contributed by atoms with Crippen molar-refractivity contribution in [1.82, 2.24) is 5.32 Å². The highest BCUT2D eigenvalue weighted by atomic mass is 79.9. The largest absolute Gasteiger partial charge is 0.508 e. The molecule has 3 aromatic rings. The molecule has 0 bridgehead atoms. The Balaban J connectivity index is 1.56. The molecule has 2 atom stereocenters. The van der Waals surface area contributed by atoms with Gasteiger partial charge in [-0.05, 0) is 59.7 Å². The molecule has 3 aromatic carbocycles. The van der Waals surface area contributed by atoms with Crippen LogP contribution in [-0.4, -0.2) is 17.6 Å². The Hall–Kier alpha value is -2.54. The van der Waals surface area contributed by atoms with Crippen LogP contribution >= 0.6 is 27.5 Å². The summed E-state index contributed by atoms with van der Waals surface area (Å²) in [5.74, 6) is 1.71. The van der Waals surface area contributed by atoms with Crippen molar-refractivity contribution in [3.05, 3.63) is 86.8 Å². The van der Waals surface area contributed by atoms with Gasteiger partial charge in [-0.3, -0.25) is 10.3 Å². The van der Waals surface area contributed by atoms with Crippen LogP contribution in [0.1, 0.15) is 35.3 Å². The van der Waals surface area contributed by atoms with Crippen LogP contribution in [0.15, 0.2) is 70.1 Å². The second-order valence-electron chi connectivity index (χ2n) is 7.22. The number of nitrogens with one attached hydrogen (secondary N) is 1. The quantitative estimate of drug-likeness (QED) is 0.495. The van der Waals surface area contributed by atoms with Gasteiger partial charge in [0.05, 0.1) is 0 Å². The van der Waals surface area contributed by atoms with Crippen molar-refractivity contribution in [3.63, 3.8) is 0 Å². The predicted molar refractivity (Wildman–Crippen MR) is 120 cm³/mol. The number of ether oxygens (including phenoxy) is 2. The van der Waals surface area contributed by atoms with Gasteiger partial charge in [0.25, 0.3) is 0 Å². The lowest BCUT2D eigenvalue weighted by molar-refractivity contribution is 0.174. The molecule has 5 rings (SSSR count). The van der Waals surface area contributed by atoms with E-state index in [0.29, 0.717) is 11.4 Å². The van der Waals surface area contributed by atoms with Crippen LogP contribution < -0.4 is 14.8 Å².